The van der Waals surface area contributed by atoms with E-state index in [1.54, 1.807) is 0 Å². The monoisotopic (exact) mass is 249 g/mol. The minimum atomic E-state index is -1.79. The molecular formula is C7H16BN3O6. The van der Waals surface area contributed by atoms with Crippen molar-refractivity contribution in [3.63, 3.8) is 0 Å². The Bertz CT molecular complexity index is 271. The van der Waals surface area contributed by atoms with Crippen molar-refractivity contribution in [2.45, 2.75) is 5.54 Å². The van der Waals surface area contributed by atoms with Crippen LogP contribution in [0.3, 0.4) is 0 Å². The van der Waals surface area contributed by atoms with Crippen LogP contribution in [-0.4, -0.2) is 68.2 Å². The summed E-state index contributed by atoms with van der Waals surface area (Å²) in [4.78, 5) is 0. The van der Waals surface area contributed by atoms with Gasteiger partial charge in [0, 0.05) is 6.07 Å². The highest BCUT2D eigenvalue weighted by Gasteiger charge is 2.20. The molecule has 8 N–H and O–H groups in total. The highest BCUT2D eigenvalue weighted by molar-refractivity contribution is 6.33. The highest BCUT2D eigenvalue weighted by Crippen LogP contribution is 2.00. The van der Waals surface area contributed by atoms with Crippen molar-refractivity contribution in [2.75, 3.05) is 19.8 Å². The average molecular weight is 249 g/mol. The first kappa shape index (κ1) is 15.8. The van der Waals surface area contributed by atoms with E-state index < -0.39 is 32.7 Å². The number of aromatic amines is 1. The van der Waals surface area contributed by atoms with E-state index in [9.17, 15) is 0 Å². The van der Waals surface area contributed by atoms with Crippen LogP contribution in [0.5, 0.6) is 5.88 Å². The Labute approximate surface area is 97.6 Å². The third kappa shape index (κ3) is 6.89. The number of rotatable bonds is 5. The lowest BCUT2D eigenvalue weighted by Crippen LogP contribution is -2.50. The van der Waals surface area contributed by atoms with Crippen molar-refractivity contribution in [1.29, 1.82) is 0 Å². The molecule has 1 aromatic rings. The molecule has 0 saturated carbocycles. The fourth-order valence-electron chi connectivity index (χ4n) is 0.572. The molecule has 0 unspecified atom stereocenters. The number of nitrogens with zero attached hydrogens (tertiary/aromatic N) is 1. The zero-order chi connectivity index (χ0) is 13.3. The van der Waals surface area contributed by atoms with E-state index in [4.69, 9.17) is 31.1 Å². The largest absolute Gasteiger partial charge is 0.708 e. The summed E-state index contributed by atoms with van der Waals surface area (Å²) in [6.07, 6.45) is 1.44. The van der Waals surface area contributed by atoms with Crippen LogP contribution in [0.4, 0.5) is 0 Å². The van der Waals surface area contributed by atoms with Crippen LogP contribution in [0, 0.1) is 0 Å². The van der Waals surface area contributed by atoms with E-state index in [-0.39, 0.29) is 5.88 Å². The molecule has 0 aliphatic rings. The Kier molecular flexibility index (Phi) is 7.46. The van der Waals surface area contributed by atoms with Crippen LogP contribution in [0.15, 0.2) is 12.3 Å². The first-order valence-electron chi connectivity index (χ1n) is 4.61. The zero-order valence-electron chi connectivity index (χ0n) is 9.02. The Morgan fingerprint density at radius 2 is 1.82 bits per heavy atom. The molecule has 0 amide bonds. The topological polar surface area (TPSA) is 165 Å². The maximum absolute atomic E-state index is 8.34. The molecule has 0 aromatic carbocycles. The maximum Gasteiger partial charge on any atom is 0.708 e. The van der Waals surface area contributed by atoms with Gasteiger partial charge >= 0.3 is 7.32 Å². The molecule has 0 radical (unpaired) electrons. The van der Waals surface area contributed by atoms with Gasteiger partial charge in [0.25, 0.3) is 0 Å². The molecule has 1 aromatic heterocycles. The summed E-state index contributed by atoms with van der Waals surface area (Å²) in [5, 5.41) is 47.3. The number of hydrogen-bond acceptors (Lipinski definition) is 8. The van der Waals surface area contributed by atoms with Gasteiger partial charge in [-0.25, -0.2) is 5.10 Å². The molecule has 0 atom stereocenters. The van der Waals surface area contributed by atoms with Gasteiger partial charge in [-0.3, -0.25) is 0 Å². The van der Waals surface area contributed by atoms with Crippen molar-refractivity contribution in [3.05, 3.63) is 12.3 Å². The summed E-state index contributed by atoms with van der Waals surface area (Å²) in [6, 6.07) is 1.47. The minimum Gasteiger partial charge on any atom is -0.498 e. The van der Waals surface area contributed by atoms with Crippen LogP contribution in [0.1, 0.15) is 0 Å². The van der Waals surface area contributed by atoms with Crippen molar-refractivity contribution in [1.82, 2.24) is 10.2 Å². The van der Waals surface area contributed by atoms with Gasteiger partial charge < -0.3 is 35.8 Å². The molecule has 0 bridgehead atoms. The van der Waals surface area contributed by atoms with Gasteiger partial charge in [-0.1, -0.05) is 0 Å². The van der Waals surface area contributed by atoms with Gasteiger partial charge in [0.15, 0.2) is 5.88 Å². The van der Waals surface area contributed by atoms with Gasteiger partial charge in [0.2, 0.25) is 0 Å². The number of aromatic nitrogens is 2. The lowest BCUT2D eigenvalue weighted by Gasteiger charge is -2.20. The predicted octanol–water partition coefficient (Wildman–Crippen LogP) is -3.58. The Hall–Kier alpha value is -1.17. The summed E-state index contributed by atoms with van der Waals surface area (Å²) in [6.45, 7) is -1.21. The molecule has 0 spiro atoms. The third-order valence-electron chi connectivity index (χ3n) is 1.65. The minimum absolute atomic E-state index is 0.227. The van der Waals surface area contributed by atoms with Gasteiger partial charge in [0.05, 0.1) is 31.6 Å². The second-order valence-electron chi connectivity index (χ2n) is 3.20. The number of nitrogens with two attached hydrogens (primary N) is 1. The molecule has 0 aliphatic heterocycles. The van der Waals surface area contributed by atoms with Crippen LogP contribution < -0.4 is 10.4 Å². The fraction of sp³-hybridized carbons (Fsp3) is 0.571. The van der Waals surface area contributed by atoms with E-state index in [0.29, 0.717) is 0 Å². The van der Waals surface area contributed by atoms with Crippen LogP contribution in [0.2, 0.25) is 0 Å². The Balaban J connectivity index is 0.000000304. The predicted molar refractivity (Wildman–Crippen MR) is 57.6 cm³/mol. The highest BCUT2D eigenvalue weighted by atomic mass is 16.6. The van der Waals surface area contributed by atoms with Crippen LogP contribution in [-0.2, 0) is 0 Å². The number of aliphatic hydroxyl groups excluding tert-OH is 3. The van der Waals surface area contributed by atoms with Crippen molar-refractivity contribution in [2.24, 2.45) is 5.73 Å². The van der Waals surface area contributed by atoms with Gasteiger partial charge in [-0.2, -0.15) is 5.10 Å². The Morgan fingerprint density at radius 1 is 1.29 bits per heavy atom. The average Bonchev–Trinajstić information content (AvgIpc) is 2.81. The van der Waals surface area contributed by atoms with E-state index in [2.05, 4.69) is 14.9 Å². The SMILES string of the molecule is NC(CO)(CO)CO.OB(O)Oc1ccn[nH]1. The lowest BCUT2D eigenvalue weighted by atomic mass is 10.1. The first-order valence-corrected chi connectivity index (χ1v) is 4.61. The molecule has 17 heavy (non-hydrogen) atoms. The molecule has 0 aliphatic carbocycles. The normalized spacial score (nSPS) is 10.5. The molecule has 1 rings (SSSR count). The smallest absolute Gasteiger partial charge is 0.498 e. The second-order valence-corrected chi connectivity index (χ2v) is 3.20. The third-order valence-corrected chi connectivity index (χ3v) is 1.65. The molecule has 1 heterocycles. The number of hydrogen-bond donors (Lipinski definition) is 7. The second kappa shape index (κ2) is 8.00. The standard InChI is InChI=1S/C4H11NO3.C3H5BN2O3/c5-4(1-6,2-7)3-8;7-4(8)9-3-1-2-5-6-3/h6-8H,1-3,5H2;1-2,7-8H,(H,5,6). The van der Waals surface area contributed by atoms with E-state index in [0.717, 1.165) is 0 Å². The van der Waals surface area contributed by atoms with E-state index in [1.165, 1.54) is 12.3 Å². The van der Waals surface area contributed by atoms with Gasteiger partial charge in [-0.15, -0.1) is 0 Å². The van der Waals surface area contributed by atoms with Crippen LogP contribution >= 0.6 is 0 Å². The van der Waals surface area contributed by atoms with E-state index >= 15 is 0 Å². The lowest BCUT2D eigenvalue weighted by molar-refractivity contribution is 0.0697. The van der Waals surface area contributed by atoms with Crippen LogP contribution in [0.25, 0.3) is 0 Å². The zero-order valence-corrected chi connectivity index (χ0v) is 9.02. The Morgan fingerprint density at radius 3 is 2.06 bits per heavy atom. The summed E-state index contributed by atoms with van der Waals surface area (Å²) in [5.74, 6) is 0.227. The molecule has 98 valence electrons. The quantitative estimate of drug-likeness (QED) is 0.263. The summed E-state index contributed by atoms with van der Waals surface area (Å²) in [7, 11) is -1.79. The van der Waals surface area contributed by atoms with Crippen molar-refractivity contribution >= 4 is 7.32 Å². The first-order chi connectivity index (χ1) is 7.97. The number of aliphatic hydroxyl groups is 3. The summed E-state index contributed by atoms with van der Waals surface area (Å²) in [5.41, 5.74) is 3.94. The molecule has 10 heteroatoms. The molecule has 0 saturated heterocycles. The molecule has 9 nitrogen and oxygen atoms in total. The summed E-state index contributed by atoms with van der Waals surface area (Å²) < 4.78 is 4.35. The maximum atomic E-state index is 8.34. The molecule has 0 fully saturated rings. The van der Waals surface area contributed by atoms with Crippen molar-refractivity contribution < 1.29 is 30.0 Å². The van der Waals surface area contributed by atoms with Gasteiger partial charge in [-0.05, 0) is 0 Å². The molecular weight excluding hydrogens is 233 g/mol. The number of H-pyrrole nitrogens is 1. The van der Waals surface area contributed by atoms with E-state index in [1.807, 2.05) is 0 Å². The number of nitrogens with one attached hydrogen (secondary N) is 1. The fourth-order valence-corrected chi connectivity index (χ4v) is 0.572. The summed E-state index contributed by atoms with van der Waals surface area (Å²) >= 11 is 0. The van der Waals surface area contributed by atoms with Gasteiger partial charge in [0.1, 0.15) is 0 Å². The van der Waals surface area contributed by atoms with Crippen molar-refractivity contribution in [3.8, 4) is 5.88 Å².